The lowest BCUT2D eigenvalue weighted by Gasteiger charge is -2.19. The van der Waals surface area contributed by atoms with Gasteiger partial charge in [-0.2, -0.15) is 0 Å². The highest BCUT2D eigenvalue weighted by Gasteiger charge is 2.16. The molecule has 1 unspecified atom stereocenters. The van der Waals surface area contributed by atoms with E-state index in [0.717, 1.165) is 12.3 Å². The van der Waals surface area contributed by atoms with Gasteiger partial charge in [-0.1, -0.05) is 0 Å². The fraction of sp³-hybridized carbons (Fsp3) is 0.455. The van der Waals surface area contributed by atoms with E-state index in [2.05, 4.69) is 4.98 Å². The van der Waals surface area contributed by atoms with Crippen molar-refractivity contribution in [3.05, 3.63) is 29.8 Å². The molecule has 0 fully saturated rings. The van der Waals surface area contributed by atoms with E-state index >= 15 is 0 Å². The van der Waals surface area contributed by atoms with E-state index in [1.54, 1.807) is 7.05 Å². The van der Waals surface area contributed by atoms with Gasteiger partial charge < -0.3 is 9.64 Å². The van der Waals surface area contributed by atoms with E-state index in [-0.39, 0.29) is 16.8 Å². The molecule has 0 aliphatic carbocycles. The molecule has 6 heteroatoms. The van der Waals surface area contributed by atoms with Crippen LogP contribution >= 0.6 is 11.6 Å². The summed E-state index contributed by atoms with van der Waals surface area (Å²) in [4.78, 5) is 16.9. The maximum atomic E-state index is 12.9. The number of amides is 1. The molecule has 0 saturated carbocycles. The van der Waals surface area contributed by atoms with Crippen molar-refractivity contribution in [2.24, 2.45) is 0 Å². The number of carbonyl (C=O) groups excluding carboxylic acids is 1. The first-order valence-electron chi connectivity index (χ1n) is 5.03. The third-order valence-corrected chi connectivity index (χ3v) is 2.38. The monoisotopic (exact) mass is 260 g/mol. The molecular weight excluding hydrogens is 247 g/mol. The Labute approximate surface area is 104 Å². The number of halogens is 2. The van der Waals surface area contributed by atoms with Crippen LogP contribution in [0.4, 0.5) is 4.39 Å². The van der Waals surface area contributed by atoms with Crippen LogP contribution in [-0.4, -0.2) is 48.5 Å². The Bertz CT molecular complexity index is 389. The van der Waals surface area contributed by atoms with Gasteiger partial charge in [-0.25, -0.2) is 4.39 Å². The summed E-state index contributed by atoms with van der Waals surface area (Å²) in [5.74, 6) is -0.859. The number of rotatable bonds is 5. The van der Waals surface area contributed by atoms with Crippen LogP contribution in [0.3, 0.4) is 0 Å². The van der Waals surface area contributed by atoms with E-state index in [4.69, 9.17) is 16.3 Å². The number of pyridine rings is 1. The molecule has 0 bridgehead atoms. The molecule has 17 heavy (non-hydrogen) atoms. The number of carbonyl (C=O) groups is 1. The lowest BCUT2D eigenvalue weighted by atomic mass is 10.2. The summed E-state index contributed by atoms with van der Waals surface area (Å²) in [6.45, 7) is 0.672. The number of hydrogen-bond acceptors (Lipinski definition) is 3. The van der Waals surface area contributed by atoms with Crippen molar-refractivity contribution >= 4 is 17.5 Å². The van der Waals surface area contributed by atoms with Crippen LogP contribution in [0, 0.1) is 5.82 Å². The molecule has 1 aromatic heterocycles. The molecule has 0 spiro atoms. The van der Waals surface area contributed by atoms with Crippen LogP contribution in [0.15, 0.2) is 18.5 Å². The first kappa shape index (κ1) is 13.9. The zero-order chi connectivity index (χ0) is 12.8. The van der Waals surface area contributed by atoms with Gasteiger partial charge in [0, 0.05) is 26.9 Å². The molecule has 0 aromatic carbocycles. The highest BCUT2D eigenvalue weighted by Crippen LogP contribution is 2.07. The summed E-state index contributed by atoms with van der Waals surface area (Å²) in [6, 6.07) is 1.14. The fourth-order valence-corrected chi connectivity index (χ4v) is 1.70. The van der Waals surface area contributed by atoms with Gasteiger partial charge >= 0.3 is 0 Å². The highest BCUT2D eigenvalue weighted by atomic mass is 35.5. The number of nitrogens with zero attached hydrogens (tertiary/aromatic N) is 2. The van der Waals surface area contributed by atoms with Crippen LogP contribution in [0.5, 0.6) is 0 Å². The second-order valence-electron chi connectivity index (χ2n) is 3.63. The van der Waals surface area contributed by atoms with Crippen molar-refractivity contribution in [1.29, 1.82) is 0 Å². The molecule has 1 amide bonds. The predicted molar refractivity (Wildman–Crippen MR) is 62.7 cm³/mol. The van der Waals surface area contributed by atoms with Crippen molar-refractivity contribution in [2.45, 2.75) is 5.38 Å². The number of alkyl halides is 1. The minimum absolute atomic E-state index is 0.203. The molecule has 0 radical (unpaired) electrons. The second-order valence-corrected chi connectivity index (χ2v) is 4.25. The van der Waals surface area contributed by atoms with Crippen molar-refractivity contribution in [3.8, 4) is 0 Å². The Hall–Kier alpha value is -1.20. The quantitative estimate of drug-likeness (QED) is 0.755. The van der Waals surface area contributed by atoms with E-state index in [1.165, 1.54) is 18.2 Å². The Morgan fingerprint density at radius 1 is 1.65 bits per heavy atom. The third kappa shape index (κ3) is 4.28. The fourth-order valence-electron chi connectivity index (χ4n) is 1.36. The minimum Gasteiger partial charge on any atom is -0.383 e. The molecule has 0 aliphatic heterocycles. The molecule has 1 rings (SSSR count). The molecule has 1 aromatic rings. The second kappa shape index (κ2) is 6.51. The van der Waals surface area contributed by atoms with Gasteiger partial charge in [0.1, 0.15) is 5.82 Å². The molecule has 0 saturated heterocycles. The van der Waals surface area contributed by atoms with Crippen molar-refractivity contribution < 1.29 is 13.9 Å². The van der Waals surface area contributed by atoms with Crippen LogP contribution in [-0.2, 0) is 4.74 Å². The lowest BCUT2D eigenvalue weighted by molar-refractivity contribution is 0.0780. The summed E-state index contributed by atoms with van der Waals surface area (Å²) < 4.78 is 17.8. The zero-order valence-electron chi connectivity index (χ0n) is 9.69. The number of hydrogen-bond donors (Lipinski definition) is 0. The zero-order valence-corrected chi connectivity index (χ0v) is 10.4. The van der Waals surface area contributed by atoms with Gasteiger partial charge in [-0.15, -0.1) is 11.6 Å². The minimum atomic E-state index is -0.538. The predicted octanol–water partition coefficient (Wildman–Crippen LogP) is 1.55. The smallest absolute Gasteiger partial charge is 0.255 e. The third-order valence-electron chi connectivity index (χ3n) is 2.12. The molecule has 4 nitrogen and oxygen atoms in total. The van der Waals surface area contributed by atoms with Gasteiger partial charge in [0.2, 0.25) is 0 Å². The van der Waals surface area contributed by atoms with Crippen LogP contribution in [0.25, 0.3) is 0 Å². The average molecular weight is 261 g/mol. The lowest BCUT2D eigenvalue weighted by Crippen LogP contribution is -2.34. The van der Waals surface area contributed by atoms with Crippen LogP contribution in [0.2, 0.25) is 0 Å². The molecular formula is C11H14ClFN2O2. The molecule has 0 aliphatic rings. The van der Waals surface area contributed by atoms with Crippen LogP contribution < -0.4 is 0 Å². The summed E-state index contributed by atoms with van der Waals surface area (Å²) in [5.41, 5.74) is 0.203. The Balaban J connectivity index is 2.63. The molecule has 1 atom stereocenters. The van der Waals surface area contributed by atoms with Gasteiger partial charge in [0.25, 0.3) is 5.91 Å². The van der Waals surface area contributed by atoms with Gasteiger partial charge in [-0.3, -0.25) is 9.78 Å². The maximum Gasteiger partial charge on any atom is 0.255 e. The summed E-state index contributed by atoms with van der Waals surface area (Å²) in [7, 11) is 3.13. The first-order valence-corrected chi connectivity index (χ1v) is 5.47. The summed E-state index contributed by atoms with van der Waals surface area (Å²) in [6.07, 6.45) is 2.37. The topological polar surface area (TPSA) is 42.4 Å². The summed E-state index contributed by atoms with van der Waals surface area (Å²) >= 11 is 5.93. The number of ether oxygens (including phenoxy) is 1. The maximum absolute atomic E-state index is 12.9. The largest absolute Gasteiger partial charge is 0.383 e. The highest BCUT2D eigenvalue weighted by molar-refractivity contribution is 6.21. The van der Waals surface area contributed by atoms with E-state index < -0.39 is 5.82 Å². The van der Waals surface area contributed by atoms with E-state index in [0.29, 0.717) is 13.2 Å². The van der Waals surface area contributed by atoms with Crippen molar-refractivity contribution in [3.63, 3.8) is 0 Å². The Morgan fingerprint density at radius 2 is 2.35 bits per heavy atom. The summed E-state index contributed by atoms with van der Waals surface area (Å²) in [5, 5.41) is -0.296. The van der Waals surface area contributed by atoms with Crippen molar-refractivity contribution in [2.75, 3.05) is 27.3 Å². The van der Waals surface area contributed by atoms with Gasteiger partial charge in [0.05, 0.1) is 23.7 Å². The molecule has 94 valence electrons. The number of methoxy groups -OCH3 is 1. The SMILES string of the molecule is COCC(Cl)CN(C)C(=O)c1cncc(F)c1. The molecule has 0 N–H and O–H groups in total. The van der Waals surface area contributed by atoms with E-state index in [1.807, 2.05) is 0 Å². The normalized spacial score (nSPS) is 12.2. The van der Waals surface area contributed by atoms with Crippen molar-refractivity contribution in [1.82, 2.24) is 9.88 Å². The van der Waals surface area contributed by atoms with Crippen LogP contribution in [0.1, 0.15) is 10.4 Å². The Kier molecular flexibility index (Phi) is 5.31. The first-order chi connectivity index (χ1) is 8.04. The van der Waals surface area contributed by atoms with E-state index in [9.17, 15) is 9.18 Å². The van der Waals surface area contributed by atoms with Gasteiger partial charge in [-0.05, 0) is 6.07 Å². The average Bonchev–Trinajstić information content (AvgIpc) is 2.28. The number of aromatic nitrogens is 1. The molecule has 1 heterocycles. The Morgan fingerprint density at radius 3 is 2.94 bits per heavy atom. The van der Waals surface area contributed by atoms with Gasteiger partial charge in [0.15, 0.2) is 0 Å². The standard InChI is InChI=1S/C11H14ClFN2O2/c1-15(6-9(12)7-17-2)11(16)8-3-10(13)5-14-4-8/h3-5,9H,6-7H2,1-2H3.